The standard InChI is InChI=1S/C25H23ClN2O3S/c1-18(30)31-16-14-27-12-11-19(21-6-2-3-7-22(21)27)5-4-8-25-28(13-15-29)23-17-20(26)9-10-24(23)32-25/h2-12,17H,13-16H2,1H3. The van der Waals surface area contributed by atoms with Crippen molar-refractivity contribution in [3.05, 3.63) is 82.5 Å². The van der Waals surface area contributed by atoms with Gasteiger partial charge in [-0.3, -0.25) is 4.79 Å². The summed E-state index contributed by atoms with van der Waals surface area (Å²) in [5, 5.41) is 13.0. The van der Waals surface area contributed by atoms with Gasteiger partial charge in [0.1, 0.15) is 17.9 Å². The Labute approximate surface area is 196 Å². The predicted molar refractivity (Wildman–Crippen MR) is 128 cm³/mol. The molecular formula is C25H23ClN2O3S. The van der Waals surface area contributed by atoms with E-state index in [-0.39, 0.29) is 12.6 Å². The Kier molecular flexibility index (Phi) is 7.05. The molecule has 5 nitrogen and oxygen atoms in total. The molecule has 0 atom stereocenters. The van der Waals surface area contributed by atoms with Crippen molar-refractivity contribution in [2.24, 2.45) is 0 Å². The molecule has 3 aromatic rings. The first-order valence-electron chi connectivity index (χ1n) is 10.3. The van der Waals surface area contributed by atoms with Gasteiger partial charge in [-0.15, -0.1) is 0 Å². The Bertz CT molecular complexity index is 1230. The lowest BCUT2D eigenvalue weighted by Gasteiger charge is -2.27. The van der Waals surface area contributed by atoms with Crippen molar-refractivity contribution in [3.8, 4) is 0 Å². The van der Waals surface area contributed by atoms with Crippen LogP contribution in [0.5, 0.6) is 0 Å². The number of thiazole rings is 1. The second kappa shape index (κ2) is 10.1. The molecule has 2 aromatic carbocycles. The molecule has 164 valence electrons. The molecule has 1 aliphatic rings. The van der Waals surface area contributed by atoms with E-state index in [1.54, 1.807) is 11.3 Å². The van der Waals surface area contributed by atoms with Crippen molar-refractivity contribution in [3.63, 3.8) is 0 Å². The van der Waals surface area contributed by atoms with Gasteiger partial charge in [0.05, 0.1) is 6.54 Å². The maximum Gasteiger partial charge on any atom is 0.302 e. The van der Waals surface area contributed by atoms with E-state index in [0.717, 1.165) is 32.0 Å². The van der Waals surface area contributed by atoms with Crippen LogP contribution in [0.1, 0.15) is 17.5 Å². The van der Waals surface area contributed by atoms with Crippen LogP contribution < -0.4 is 14.6 Å². The number of hydrogen-bond donors (Lipinski definition) is 0. The van der Waals surface area contributed by atoms with Gasteiger partial charge in [0.15, 0.2) is 0 Å². The predicted octanol–water partition coefficient (Wildman–Crippen LogP) is 4.20. The molecule has 0 aliphatic carbocycles. The minimum absolute atomic E-state index is 0.190. The number of anilines is 1. The lowest BCUT2D eigenvalue weighted by molar-refractivity contribution is -0.685. The van der Waals surface area contributed by atoms with Gasteiger partial charge in [-0.25, -0.2) is 0 Å². The van der Waals surface area contributed by atoms with E-state index in [9.17, 15) is 9.90 Å². The van der Waals surface area contributed by atoms with Gasteiger partial charge in [0.2, 0.25) is 5.52 Å². The molecule has 0 N–H and O–H groups in total. The highest BCUT2D eigenvalue weighted by atomic mass is 35.5. The van der Waals surface area contributed by atoms with Crippen LogP contribution in [-0.4, -0.2) is 25.7 Å². The van der Waals surface area contributed by atoms with Crippen LogP contribution in [-0.2, 0) is 16.1 Å². The van der Waals surface area contributed by atoms with Crippen LogP contribution in [0, 0.1) is 0 Å². The number of rotatable bonds is 7. The van der Waals surface area contributed by atoms with Crippen molar-refractivity contribution in [1.29, 1.82) is 0 Å². The Morgan fingerprint density at radius 3 is 2.94 bits per heavy atom. The molecule has 4 rings (SSSR count). The lowest BCUT2D eigenvalue weighted by atomic mass is 9.99. The highest BCUT2D eigenvalue weighted by Crippen LogP contribution is 2.32. The normalized spacial score (nSPS) is 14.5. The van der Waals surface area contributed by atoms with E-state index in [1.165, 1.54) is 6.92 Å². The smallest absolute Gasteiger partial charge is 0.302 e. The van der Waals surface area contributed by atoms with E-state index in [4.69, 9.17) is 16.3 Å². The molecule has 0 bridgehead atoms. The van der Waals surface area contributed by atoms with Crippen molar-refractivity contribution in [1.82, 2.24) is 0 Å². The average Bonchev–Trinajstić information content (AvgIpc) is 3.11. The van der Waals surface area contributed by atoms with Crippen molar-refractivity contribution >= 4 is 56.5 Å². The Morgan fingerprint density at radius 1 is 1.28 bits per heavy atom. The van der Waals surface area contributed by atoms with Crippen molar-refractivity contribution in [2.75, 3.05) is 24.7 Å². The van der Waals surface area contributed by atoms with Crippen LogP contribution in [0.15, 0.2) is 66.9 Å². The minimum atomic E-state index is -0.275. The third-order valence-corrected chi connectivity index (χ3v) is 6.48. The number of esters is 1. The highest BCUT2D eigenvalue weighted by Gasteiger charge is 2.18. The fourth-order valence-electron chi connectivity index (χ4n) is 3.69. The van der Waals surface area contributed by atoms with Gasteiger partial charge in [-0.1, -0.05) is 59.9 Å². The first kappa shape index (κ1) is 22.3. The van der Waals surface area contributed by atoms with Gasteiger partial charge in [0, 0.05) is 41.5 Å². The largest absolute Gasteiger partial charge is 0.850 e. The molecule has 7 heteroatoms. The number of carbonyl (C=O) groups excluding carboxylic acids is 1. The maximum absolute atomic E-state index is 11.4. The molecule has 0 unspecified atom stereocenters. The Morgan fingerprint density at radius 2 is 2.12 bits per heavy atom. The number of benzene rings is 2. The fraction of sp³-hybridized carbons (Fsp3) is 0.200. The fourth-order valence-corrected chi connectivity index (χ4v) is 4.94. The molecule has 0 fully saturated rings. The Balaban J connectivity index is 1.60. The topological polar surface area (TPSA) is 56.5 Å². The number of halogens is 1. The summed E-state index contributed by atoms with van der Waals surface area (Å²) in [6.07, 6.45) is 10.2. The van der Waals surface area contributed by atoms with E-state index in [2.05, 4.69) is 29.2 Å². The zero-order valence-corrected chi connectivity index (χ0v) is 19.2. The maximum atomic E-state index is 11.4. The zero-order chi connectivity index (χ0) is 22.5. The van der Waals surface area contributed by atoms with Gasteiger partial charge in [-0.05, 0) is 29.8 Å². The van der Waals surface area contributed by atoms with E-state index in [1.807, 2.05) is 53.3 Å². The highest BCUT2D eigenvalue weighted by molar-refractivity contribution is 7.18. The number of allylic oxidation sites excluding steroid dienone is 4. The molecule has 32 heavy (non-hydrogen) atoms. The van der Waals surface area contributed by atoms with Crippen molar-refractivity contribution in [2.45, 2.75) is 13.5 Å². The van der Waals surface area contributed by atoms with E-state index < -0.39 is 0 Å². The molecular weight excluding hydrogens is 444 g/mol. The zero-order valence-electron chi connectivity index (χ0n) is 17.7. The minimum Gasteiger partial charge on any atom is -0.850 e. The second-order valence-electron chi connectivity index (χ2n) is 7.26. The number of fused-ring (bicyclic) bond motifs is 2. The van der Waals surface area contributed by atoms with Crippen molar-refractivity contribution < 1.29 is 19.2 Å². The lowest BCUT2D eigenvalue weighted by Crippen LogP contribution is -2.39. The number of aromatic nitrogens is 1. The average molecular weight is 467 g/mol. The monoisotopic (exact) mass is 466 g/mol. The molecule has 0 amide bonds. The summed E-state index contributed by atoms with van der Waals surface area (Å²) in [5.74, 6) is -0.275. The quantitative estimate of drug-likeness (QED) is 0.387. The summed E-state index contributed by atoms with van der Waals surface area (Å²) in [6, 6.07) is 13.9. The summed E-state index contributed by atoms with van der Waals surface area (Å²) in [5.41, 5.74) is 4.25. The summed E-state index contributed by atoms with van der Waals surface area (Å²) >= 11 is 7.80. The van der Waals surface area contributed by atoms with E-state index in [0.29, 0.717) is 24.7 Å². The number of nitrogens with zero attached hydrogens (tertiary/aromatic N) is 2. The molecule has 0 saturated heterocycles. The summed E-state index contributed by atoms with van der Waals surface area (Å²) < 4.78 is 8.21. The molecule has 0 spiro atoms. The van der Waals surface area contributed by atoms with Crippen LogP contribution >= 0.6 is 22.9 Å². The molecule has 2 heterocycles. The SMILES string of the molecule is CC(=O)OCCN1C=C/C(=C\C=C\c2sc3ccc(Cl)cc3[n+]2CC[O-])c2ccccc21. The molecule has 1 aliphatic heterocycles. The third-order valence-electron chi connectivity index (χ3n) is 5.12. The van der Waals surface area contributed by atoms with Gasteiger partial charge >= 0.3 is 5.97 Å². The van der Waals surface area contributed by atoms with Gasteiger partial charge in [0.25, 0.3) is 5.01 Å². The summed E-state index contributed by atoms with van der Waals surface area (Å²) in [6.45, 7) is 2.55. The number of para-hydroxylation sites is 1. The summed E-state index contributed by atoms with van der Waals surface area (Å²) in [7, 11) is 0. The van der Waals surface area contributed by atoms with Gasteiger partial charge < -0.3 is 14.7 Å². The molecule has 0 radical (unpaired) electrons. The van der Waals surface area contributed by atoms with Crippen LogP contribution in [0.3, 0.4) is 0 Å². The third kappa shape index (κ3) is 4.93. The first-order chi connectivity index (χ1) is 15.6. The Hall–Kier alpha value is -2.93. The molecule has 0 saturated carbocycles. The second-order valence-corrected chi connectivity index (χ2v) is 8.75. The number of carbonyl (C=O) groups is 1. The molecule has 1 aromatic heterocycles. The van der Waals surface area contributed by atoms with E-state index >= 15 is 0 Å². The first-order valence-corrected chi connectivity index (χ1v) is 11.5. The van der Waals surface area contributed by atoms with Crippen LogP contribution in [0.4, 0.5) is 5.69 Å². The van der Waals surface area contributed by atoms with Gasteiger partial charge in [-0.2, -0.15) is 4.57 Å². The summed E-state index contributed by atoms with van der Waals surface area (Å²) in [4.78, 5) is 13.1. The van der Waals surface area contributed by atoms with Crippen LogP contribution in [0.25, 0.3) is 21.9 Å². The van der Waals surface area contributed by atoms with Crippen LogP contribution in [0.2, 0.25) is 5.02 Å². The number of ether oxygens (including phenoxy) is 1. The number of hydrogen-bond acceptors (Lipinski definition) is 5.